The highest BCUT2D eigenvalue weighted by molar-refractivity contribution is 5.79. The third-order valence-corrected chi connectivity index (χ3v) is 5.44. The first-order valence-electron chi connectivity index (χ1n) is 7.80. The molecular formula is C15H24N2O3. The van der Waals surface area contributed by atoms with Crippen LogP contribution >= 0.6 is 0 Å². The zero-order valence-electron chi connectivity index (χ0n) is 12.3. The molecule has 20 heavy (non-hydrogen) atoms. The van der Waals surface area contributed by atoms with Crippen LogP contribution < -0.4 is 0 Å². The Hall–Kier alpha value is -1.26. The number of aliphatic carboxylic acids is 1. The minimum atomic E-state index is -0.741. The number of hydrogen-bond acceptors (Lipinski definition) is 2. The summed E-state index contributed by atoms with van der Waals surface area (Å²) in [5.74, 6) is -0.545. The van der Waals surface area contributed by atoms with Crippen molar-refractivity contribution in [2.75, 3.05) is 6.54 Å². The highest BCUT2D eigenvalue weighted by atomic mass is 16.4. The predicted octanol–water partition coefficient (Wildman–Crippen LogP) is 2.16. The van der Waals surface area contributed by atoms with E-state index in [9.17, 15) is 14.7 Å². The predicted molar refractivity (Wildman–Crippen MR) is 74.4 cm³/mol. The standard InChI is InChI=1S/C15H24N2O3/c1-9-3-4-10(2)16(8-9)15(20)17-11-5-6-13(17)12(7-11)14(18)19/h9-13H,3-8H2,1-2H3,(H,18,19). The number of carbonyl (C=O) groups excluding carboxylic acids is 1. The third kappa shape index (κ3) is 2.07. The largest absolute Gasteiger partial charge is 0.481 e. The van der Waals surface area contributed by atoms with Gasteiger partial charge in [-0.15, -0.1) is 0 Å². The number of carboxylic acids is 1. The summed E-state index contributed by atoms with van der Waals surface area (Å²) in [6, 6.07) is 0.440. The average Bonchev–Trinajstić information content (AvgIpc) is 2.98. The van der Waals surface area contributed by atoms with Gasteiger partial charge in [-0.05, 0) is 44.9 Å². The number of fused-ring (bicyclic) bond motifs is 2. The van der Waals surface area contributed by atoms with E-state index in [1.165, 1.54) is 6.42 Å². The van der Waals surface area contributed by atoms with Gasteiger partial charge in [-0.3, -0.25) is 4.79 Å². The second kappa shape index (κ2) is 4.93. The zero-order valence-corrected chi connectivity index (χ0v) is 12.3. The molecule has 0 aromatic rings. The Morgan fingerprint density at radius 2 is 1.85 bits per heavy atom. The van der Waals surface area contributed by atoms with Crippen LogP contribution in [0.1, 0.15) is 46.0 Å². The Morgan fingerprint density at radius 1 is 1.10 bits per heavy atom. The van der Waals surface area contributed by atoms with Crippen molar-refractivity contribution in [2.45, 2.75) is 64.1 Å². The number of urea groups is 1. The van der Waals surface area contributed by atoms with Gasteiger partial charge in [-0.25, -0.2) is 4.79 Å². The highest BCUT2D eigenvalue weighted by Crippen LogP contribution is 2.43. The number of carboxylic acid groups (broad SMARTS) is 1. The lowest BCUT2D eigenvalue weighted by Gasteiger charge is -2.40. The van der Waals surface area contributed by atoms with E-state index in [1.54, 1.807) is 0 Å². The molecule has 3 rings (SSSR count). The minimum Gasteiger partial charge on any atom is -0.481 e. The summed E-state index contributed by atoms with van der Waals surface area (Å²) in [5, 5.41) is 9.29. The molecule has 2 bridgehead atoms. The number of likely N-dealkylation sites (tertiary alicyclic amines) is 1. The molecule has 5 unspecified atom stereocenters. The first kappa shape index (κ1) is 13.7. The normalized spacial score (nSPS) is 40.2. The molecule has 1 N–H and O–H groups in total. The van der Waals surface area contributed by atoms with Crippen LogP contribution in [0, 0.1) is 11.8 Å². The van der Waals surface area contributed by atoms with Crippen molar-refractivity contribution in [3.63, 3.8) is 0 Å². The Balaban J connectivity index is 1.76. The number of amides is 2. The van der Waals surface area contributed by atoms with E-state index in [0.717, 1.165) is 25.8 Å². The third-order valence-electron chi connectivity index (χ3n) is 5.44. The molecule has 2 amide bonds. The first-order valence-corrected chi connectivity index (χ1v) is 7.80. The summed E-state index contributed by atoms with van der Waals surface area (Å²) >= 11 is 0. The summed E-state index contributed by atoms with van der Waals surface area (Å²) in [5.41, 5.74) is 0. The van der Waals surface area contributed by atoms with E-state index in [2.05, 4.69) is 13.8 Å². The number of rotatable bonds is 1. The van der Waals surface area contributed by atoms with Crippen molar-refractivity contribution in [1.82, 2.24) is 9.80 Å². The summed E-state index contributed by atoms with van der Waals surface area (Å²) in [6.07, 6.45) is 4.70. The molecule has 5 atom stereocenters. The molecular weight excluding hydrogens is 256 g/mol. The molecule has 112 valence electrons. The van der Waals surface area contributed by atoms with Crippen molar-refractivity contribution in [2.24, 2.45) is 11.8 Å². The average molecular weight is 280 g/mol. The van der Waals surface area contributed by atoms with Crippen molar-refractivity contribution >= 4 is 12.0 Å². The quantitative estimate of drug-likeness (QED) is 0.800. The molecule has 5 heteroatoms. The van der Waals surface area contributed by atoms with Crippen LogP contribution in [0.5, 0.6) is 0 Å². The van der Waals surface area contributed by atoms with Crippen molar-refractivity contribution in [3.8, 4) is 0 Å². The topological polar surface area (TPSA) is 60.9 Å². The zero-order chi connectivity index (χ0) is 14.4. The molecule has 3 aliphatic rings. The molecule has 0 aliphatic carbocycles. The minimum absolute atomic E-state index is 0.0746. The van der Waals surface area contributed by atoms with Crippen LogP contribution in [0.15, 0.2) is 0 Å². The molecule has 0 spiro atoms. The summed E-state index contributed by atoms with van der Waals surface area (Å²) < 4.78 is 0. The number of carbonyl (C=O) groups is 2. The van der Waals surface area contributed by atoms with Gasteiger partial charge in [0.25, 0.3) is 0 Å². The van der Waals surface area contributed by atoms with Gasteiger partial charge in [-0.2, -0.15) is 0 Å². The lowest BCUT2D eigenvalue weighted by atomic mass is 9.89. The van der Waals surface area contributed by atoms with Crippen molar-refractivity contribution in [1.29, 1.82) is 0 Å². The van der Waals surface area contributed by atoms with Crippen LogP contribution in [0.25, 0.3) is 0 Å². The van der Waals surface area contributed by atoms with Gasteiger partial charge in [0, 0.05) is 24.7 Å². The van der Waals surface area contributed by atoms with E-state index >= 15 is 0 Å². The smallest absolute Gasteiger partial charge is 0.320 e. The van der Waals surface area contributed by atoms with E-state index < -0.39 is 5.97 Å². The molecule has 3 aliphatic heterocycles. The summed E-state index contributed by atoms with van der Waals surface area (Å²) in [6.45, 7) is 5.11. The Kier molecular flexibility index (Phi) is 3.38. The summed E-state index contributed by atoms with van der Waals surface area (Å²) in [7, 11) is 0. The lowest BCUT2D eigenvalue weighted by molar-refractivity contribution is -0.142. The molecule has 0 aromatic carbocycles. The number of nitrogens with zero attached hydrogens (tertiary/aromatic N) is 2. The fourth-order valence-corrected chi connectivity index (χ4v) is 4.26. The van der Waals surface area contributed by atoms with Crippen LogP contribution in [-0.2, 0) is 4.79 Å². The van der Waals surface area contributed by atoms with Crippen molar-refractivity contribution in [3.05, 3.63) is 0 Å². The molecule has 3 fully saturated rings. The lowest BCUT2D eigenvalue weighted by Crippen LogP contribution is -2.53. The first-order chi connectivity index (χ1) is 9.49. The molecule has 3 saturated heterocycles. The van der Waals surface area contributed by atoms with Gasteiger partial charge < -0.3 is 14.9 Å². The van der Waals surface area contributed by atoms with Crippen LogP contribution in [0.3, 0.4) is 0 Å². The van der Waals surface area contributed by atoms with E-state index in [4.69, 9.17) is 0 Å². The van der Waals surface area contributed by atoms with E-state index in [-0.39, 0.29) is 30.1 Å². The van der Waals surface area contributed by atoms with Gasteiger partial charge in [-0.1, -0.05) is 6.92 Å². The van der Waals surface area contributed by atoms with Gasteiger partial charge in [0.05, 0.1) is 5.92 Å². The van der Waals surface area contributed by atoms with E-state index in [0.29, 0.717) is 12.3 Å². The highest BCUT2D eigenvalue weighted by Gasteiger charge is 2.52. The van der Waals surface area contributed by atoms with Gasteiger partial charge >= 0.3 is 12.0 Å². The van der Waals surface area contributed by atoms with Gasteiger partial charge in [0.1, 0.15) is 0 Å². The Labute approximate surface area is 119 Å². The maximum atomic E-state index is 12.8. The fourth-order valence-electron chi connectivity index (χ4n) is 4.26. The fraction of sp³-hybridized carbons (Fsp3) is 0.867. The second-order valence-electron chi connectivity index (χ2n) is 6.85. The van der Waals surface area contributed by atoms with E-state index in [1.807, 2.05) is 9.80 Å². The monoisotopic (exact) mass is 280 g/mol. The number of piperidine rings is 1. The molecule has 0 aromatic heterocycles. The van der Waals surface area contributed by atoms with Crippen LogP contribution in [0.4, 0.5) is 4.79 Å². The molecule has 0 radical (unpaired) electrons. The van der Waals surface area contributed by atoms with Gasteiger partial charge in [0.15, 0.2) is 0 Å². The maximum absolute atomic E-state index is 12.8. The second-order valence-corrected chi connectivity index (χ2v) is 6.85. The molecule has 3 heterocycles. The maximum Gasteiger partial charge on any atom is 0.320 e. The van der Waals surface area contributed by atoms with Crippen LogP contribution in [0.2, 0.25) is 0 Å². The van der Waals surface area contributed by atoms with Crippen LogP contribution in [-0.4, -0.2) is 51.6 Å². The Bertz CT molecular complexity index is 425. The SMILES string of the molecule is CC1CCC(C)N(C(=O)N2C3CCC2C(C(=O)O)C3)C1. The molecule has 0 saturated carbocycles. The van der Waals surface area contributed by atoms with Crippen molar-refractivity contribution < 1.29 is 14.7 Å². The Morgan fingerprint density at radius 3 is 2.50 bits per heavy atom. The number of hydrogen-bond donors (Lipinski definition) is 1. The van der Waals surface area contributed by atoms with Gasteiger partial charge in [0.2, 0.25) is 0 Å². The summed E-state index contributed by atoms with van der Waals surface area (Å²) in [4.78, 5) is 28.0. The molecule has 5 nitrogen and oxygen atoms in total.